The standard InChI is InChI=1S/C45H94O7SSi/c1-4-6-8-10-12-14-16-17-18-19-21-23-25-27-29-32-51-45-54(3,44-30-43-53)52-42-41-50-40-39-49-38-37-48-36-35-47-34-33-46-31-28-26-24-22-20-15-13-11-9-7-5-2/h53H,4-45H2,1-3H3. The molecular formula is C45H94O7SSi. The number of ether oxygens (including phenoxy) is 6. The first-order valence-corrected chi connectivity index (χ1v) is 26.8. The van der Waals surface area contributed by atoms with Crippen molar-refractivity contribution in [2.45, 2.75) is 200 Å². The maximum Gasteiger partial charge on any atom is 0.215 e. The fourth-order valence-electron chi connectivity index (χ4n) is 6.70. The topological polar surface area (TPSA) is 64.6 Å². The molecule has 1 unspecified atom stereocenters. The molecule has 1 atom stereocenters. The summed E-state index contributed by atoms with van der Waals surface area (Å²) >= 11 is 4.44. The third-order valence-electron chi connectivity index (χ3n) is 10.2. The van der Waals surface area contributed by atoms with Crippen LogP contribution in [0.25, 0.3) is 0 Å². The van der Waals surface area contributed by atoms with E-state index in [2.05, 4.69) is 33.0 Å². The van der Waals surface area contributed by atoms with Gasteiger partial charge in [-0.25, -0.2) is 0 Å². The molecule has 0 radical (unpaired) electrons. The lowest BCUT2D eigenvalue weighted by Gasteiger charge is -2.27. The Balaban J connectivity index is 3.47. The quantitative estimate of drug-likeness (QED) is 0.0373. The smallest absolute Gasteiger partial charge is 0.215 e. The Morgan fingerprint density at radius 1 is 0.315 bits per heavy atom. The van der Waals surface area contributed by atoms with Gasteiger partial charge in [-0.3, -0.25) is 0 Å². The summed E-state index contributed by atoms with van der Waals surface area (Å²) in [5.41, 5.74) is 0. The molecular weight excluding hydrogens is 713 g/mol. The van der Waals surface area contributed by atoms with E-state index >= 15 is 0 Å². The summed E-state index contributed by atoms with van der Waals surface area (Å²) in [6.07, 6.45) is 37.6. The van der Waals surface area contributed by atoms with E-state index < -0.39 is 8.32 Å². The van der Waals surface area contributed by atoms with Crippen LogP contribution in [-0.2, 0) is 32.8 Å². The Kier molecular flexibility index (Phi) is 47.9. The summed E-state index contributed by atoms with van der Waals surface area (Å²) in [5, 5.41) is 0. The second-order valence-electron chi connectivity index (χ2n) is 15.7. The molecule has 326 valence electrons. The van der Waals surface area contributed by atoms with E-state index in [1.54, 1.807) is 0 Å². The van der Waals surface area contributed by atoms with E-state index in [4.69, 9.17) is 32.8 Å². The summed E-state index contributed by atoms with van der Waals surface area (Å²) in [6.45, 7) is 14.5. The SMILES string of the molecule is CCCCCCCCCCCCCCCCCOC[Si](C)(CCCS)OCCOCCOCCOCCOCCOCCCCCCCCCCCCC. The average molecular weight is 807 g/mol. The Bertz CT molecular complexity index is 680. The van der Waals surface area contributed by atoms with Gasteiger partial charge in [0.25, 0.3) is 0 Å². The van der Waals surface area contributed by atoms with Crippen LogP contribution in [0.3, 0.4) is 0 Å². The fraction of sp³-hybridized carbons (Fsp3) is 1.00. The van der Waals surface area contributed by atoms with Gasteiger partial charge in [-0.1, -0.05) is 168 Å². The molecule has 0 aromatic carbocycles. The first-order valence-electron chi connectivity index (χ1n) is 23.4. The molecule has 0 heterocycles. The Labute approximate surface area is 343 Å². The minimum Gasteiger partial charge on any atom is -0.412 e. The molecule has 9 heteroatoms. The van der Waals surface area contributed by atoms with Gasteiger partial charge < -0.3 is 32.8 Å². The molecule has 0 aromatic rings. The summed E-state index contributed by atoms with van der Waals surface area (Å²) in [5.74, 6) is 0.893. The minimum atomic E-state index is -1.92. The van der Waals surface area contributed by atoms with Crippen LogP contribution in [0.15, 0.2) is 0 Å². The van der Waals surface area contributed by atoms with Crippen molar-refractivity contribution in [2.24, 2.45) is 0 Å². The van der Waals surface area contributed by atoms with Crippen LogP contribution in [0.4, 0.5) is 0 Å². The van der Waals surface area contributed by atoms with Crippen molar-refractivity contribution in [1.82, 2.24) is 0 Å². The lowest BCUT2D eigenvalue weighted by molar-refractivity contribution is -0.0132. The van der Waals surface area contributed by atoms with Crippen molar-refractivity contribution >= 4 is 20.9 Å². The normalized spacial score (nSPS) is 12.9. The third-order valence-corrected chi connectivity index (χ3v) is 13.7. The molecule has 0 aliphatic carbocycles. The first kappa shape index (κ1) is 54.3. The molecule has 0 rings (SSSR count). The third kappa shape index (κ3) is 45.0. The molecule has 0 N–H and O–H groups in total. The molecule has 0 amide bonds. The average Bonchev–Trinajstić information content (AvgIpc) is 3.18. The van der Waals surface area contributed by atoms with Crippen molar-refractivity contribution in [3.8, 4) is 0 Å². The Morgan fingerprint density at radius 2 is 0.593 bits per heavy atom. The van der Waals surface area contributed by atoms with Gasteiger partial charge in [-0.15, -0.1) is 0 Å². The predicted molar refractivity (Wildman–Crippen MR) is 237 cm³/mol. The van der Waals surface area contributed by atoms with E-state index in [-0.39, 0.29) is 0 Å². The summed E-state index contributed by atoms with van der Waals surface area (Å²) in [4.78, 5) is 0. The largest absolute Gasteiger partial charge is 0.412 e. The zero-order valence-electron chi connectivity index (χ0n) is 36.5. The van der Waals surface area contributed by atoms with Gasteiger partial charge in [0, 0.05) is 13.2 Å². The highest BCUT2D eigenvalue weighted by Crippen LogP contribution is 2.17. The van der Waals surface area contributed by atoms with E-state index in [1.165, 1.54) is 154 Å². The van der Waals surface area contributed by atoms with Crippen LogP contribution in [0.1, 0.15) is 187 Å². The van der Waals surface area contributed by atoms with Gasteiger partial charge in [0.05, 0.1) is 72.3 Å². The maximum atomic E-state index is 6.39. The van der Waals surface area contributed by atoms with Crippen molar-refractivity contribution < 1.29 is 32.8 Å². The molecule has 0 saturated carbocycles. The highest BCUT2D eigenvalue weighted by Gasteiger charge is 2.29. The predicted octanol–water partition coefficient (Wildman–Crippen LogP) is 12.7. The Morgan fingerprint density at radius 3 is 0.926 bits per heavy atom. The molecule has 0 spiro atoms. The van der Waals surface area contributed by atoms with Gasteiger partial charge in [0.1, 0.15) is 0 Å². The highest BCUT2D eigenvalue weighted by molar-refractivity contribution is 7.80. The number of hydrogen-bond acceptors (Lipinski definition) is 8. The number of rotatable bonds is 49. The zero-order valence-corrected chi connectivity index (χ0v) is 38.4. The molecule has 0 bridgehead atoms. The van der Waals surface area contributed by atoms with E-state index in [9.17, 15) is 0 Å². The summed E-state index contributed by atoms with van der Waals surface area (Å²) in [6, 6.07) is 1.08. The molecule has 0 aromatic heterocycles. The van der Waals surface area contributed by atoms with Gasteiger partial charge in [-0.05, 0) is 37.6 Å². The van der Waals surface area contributed by atoms with Crippen LogP contribution < -0.4 is 0 Å². The first-order chi connectivity index (χ1) is 26.7. The van der Waals surface area contributed by atoms with Crippen molar-refractivity contribution in [3.63, 3.8) is 0 Å². The van der Waals surface area contributed by atoms with Crippen molar-refractivity contribution in [3.05, 3.63) is 0 Å². The van der Waals surface area contributed by atoms with Crippen LogP contribution in [-0.4, -0.2) is 99.6 Å². The van der Waals surface area contributed by atoms with E-state index in [0.717, 1.165) is 50.5 Å². The molecule has 0 aliphatic rings. The second kappa shape index (κ2) is 47.7. The van der Waals surface area contributed by atoms with Crippen LogP contribution >= 0.6 is 12.6 Å². The monoisotopic (exact) mass is 807 g/mol. The number of unbranched alkanes of at least 4 members (excludes halogenated alkanes) is 24. The fourth-order valence-corrected chi connectivity index (χ4v) is 9.60. The lowest BCUT2D eigenvalue weighted by atomic mass is 10.0. The van der Waals surface area contributed by atoms with E-state index in [0.29, 0.717) is 66.1 Å². The van der Waals surface area contributed by atoms with E-state index in [1.807, 2.05) is 0 Å². The second-order valence-corrected chi connectivity index (χ2v) is 20.1. The van der Waals surface area contributed by atoms with Crippen molar-refractivity contribution in [1.29, 1.82) is 0 Å². The molecule has 0 fully saturated rings. The van der Waals surface area contributed by atoms with Gasteiger partial charge in [0.2, 0.25) is 8.32 Å². The zero-order chi connectivity index (χ0) is 39.1. The van der Waals surface area contributed by atoms with Gasteiger partial charge in [-0.2, -0.15) is 12.6 Å². The van der Waals surface area contributed by atoms with Gasteiger partial charge >= 0.3 is 0 Å². The van der Waals surface area contributed by atoms with Crippen LogP contribution in [0, 0.1) is 0 Å². The minimum absolute atomic E-state index is 0.563. The summed E-state index contributed by atoms with van der Waals surface area (Å²) < 4.78 is 40.9. The summed E-state index contributed by atoms with van der Waals surface area (Å²) in [7, 11) is -1.92. The maximum absolute atomic E-state index is 6.39. The molecule has 0 aliphatic heterocycles. The molecule has 7 nitrogen and oxygen atoms in total. The molecule has 54 heavy (non-hydrogen) atoms. The Hall–Kier alpha value is 0.287. The molecule has 0 saturated heterocycles. The van der Waals surface area contributed by atoms with Crippen LogP contribution in [0.5, 0.6) is 0 Å². The van der Waals surface area contributed by atoms with Crippen LogP contribution in [0.2, 0.25) is 12.6 Å². The number of thiol groups is 1. The lowest BCUT2D eigenvalue weighted by Crippen LogP contribution is -2.41. The highest BCUT2D eigenvalue weighted by atomic mass is 32.1. The van der Waals surface area contributed by atoms with Crippen molar-refractivity contribution in [2.75, 3.05) is 91.3 Å². The number of hydrogen-bond donors (Lipinski definition) is 1. The van der Waals surface area contributed by atoms with Gasteiger partial charge in [0.15, 0.2) is 0 Å².